The highest BCUT2D eigenvalue weighted by molar-refractivity contribution is 7.89. The smallest absolute Gasteiger partial charge is 0.207 e. The molecule has 0 bridgehead atoms. The van der Waals surface area contributed by atoms with E-state index in [1.165, 1.54) is 28.6 Å². The van der Waals surface area contributed by atoms with Crippen LogP contribution in [-0.2, 0) is 10.0 Å². The van der Waals surface area contributed by atoms with Crippen molar-refractivity contribution >= 4 is 10.0 Å². The number of benzene rings is 1. The first-order chi connectivity index (χ1) is 8.39. The lowest BCUT2D eigenvalue weighted by Gasteiger charge is -2.34. The Morgan fingerprint density at radius 2 is 1.61 bits per heavy atom. The monoisotopic (exact) mass is 271 g/mol. The van der Waals surface area contributed by atoms with Crippen LogP contribution in [0.2, 0.25) is 0 Å². The molecule has 2 atom stereocenters. The van der Waals surface area contributed by atoms with Gasteiger partial charge >= 0.3 is 0 Å². The minimum atomic E-state index is -3.48. The molecular weight excluding hydrogens is 253 g/mol. The van der Waals surface area contributed by atoms with E-state index in [2.05, 4.69) is 13.8 Å². The van der Waals surface area contributed by atoms with Crippen LogP contribution in [0.1, 0.15) is 20.3 Å². The molecule has 18 heavy (non-hydrogen) atoms. The predicted octanol–water partition coefficient (Wildman–Crippen LogP) is 2.49. The van der Waals surface area contributed by atoms with E-state index >= 15 is 0 Å². The molecule has 100 valence electrons. The number of piperidine rings is 1. The zero-order chi connectivity index (χ0) is 13.3. The van der Waals surface area contributed by atoms with Gasteiger partial charge in [0.25, 0.3) is 0 Å². The molecular formula is C13H18FNO2S. The van der Waals surface area contributed by atoms with Crippen molar-refractivity contribution < 1.29 is 12.8 Å². The van der Waals surface area contributed by atoms with Gasteiger partial charge in [0, 0.05) is 13.1 Å². The number of nitrogens with zero attached hydrogens (tertiary/aromatic N) is 1. The van der Waals surface area contributed by atoms with Gasteiger partial charge in [-0.25, -0.2) is 12.8 Å². The molecule has 0 saturated carbocycles. The molecule has 0 amide bonds. The van der Waals surface area contributed by atoms with Crippen molar-refractivity contribution in [2.45, 2.75) is 25.2 Å². The van der Waals surface area contributed by atoms with Gasteiger partial charge < -0.3 is 0 Å². The topological polar surface area (TPSA) is 37.4 Å². The summed E-state index contributed by atoms with van der Waals surface area (Å²) in [5.41, 5.74) is 0. The molecule has 5 heteroatoms. The Balaban J connectivity index is 2.28. The largest absolute Gasteiger partial charge is 0.243 e. The number of hydrogen-bond acceptors (Lipinski definition) is 2. The second kappa shape index (κ2) is 4.97. The molecule has 1 aliphatic heterocycles. The molecule has 0 spiro atoms. The van der Waals surface area contributed by atoms with Gasteiger partial charge in [-0.05, 0) is 42.5 Å². The third kappa shape index (κ3) is 2.72. The Morgan fingerprint density at radius 1 is 1.11 bits per heavy atom. The van der Waals surface area contributed by atoms with Gasteiger partial charge in [-0.1, -0.05) is 13.8 Å². The summed E-state index contributed by atoms with van der Waals surface area (Å²) >= 11 is 0. The Bertz CT molecular complexity index is 502. The third-order valence-electron chi connectivity index (χ3n) is 3.29. The maximum atomic E-state index is 12.8. The average Bonchev–Trinajstić information content (AvgIpc) is 2.28. The van der Waals surface area contributed by atoms with E-state index in [-0.39, 0.29) is 4.90 Å². The maximum absolute atomic E-state index is 12.8. The molecule has 1 aromatic rings. The molecule has 1 aliphatic rings. The lowest BCUT2D eigenvalue weighted by Crippen LogP contribution is -2.42. The number of halogens is 1. The van der Waals surface area contributed by atoms with Crippen LogP contribution in [-0.4, -0.2) is 25.8 Å². The molecule has 2 rings (SSSR count). The Kier molecular flexibility index (Phi) is 3.73. The first-order valence-electron chi connectivity index (χ1n) is 6.15. The lowest BCUT2D eigenvalue weighted by molar-refractivity contribution is 0.222. The van der Waals surface area contributed by atoms with Crippen LogP contribution in [0.3, 0.4) is 0 Å². The van der Waals surface area contributed by atoms with Crippen LogP contribution >= 0.6 is 0 Å². The fourth-order valence-corrected chi connectivity index (χ4v) is 4.24. The highest BCUT2D eigenvalue weighted by Crippen LogP contribution is 2.26. The first-order valence-corrected chi connectivity index (χ1v) is 7.59. The molecule has 1 heterocycles. The minimum Gasteiger partial charge on any atom is -0.207 e. The van der Waals surface area contributed by atoms with Crippen molar-refractivity contribution in [1.82, 2.24) is 4.31 Å². The summed E-state index contributed by atoms with van der Waals surface area (Å²) in [5.74, 6) is 0.308. The fraction of sp³-hybridized carbons (Fsp3) is 0.538. The molecule has 0 aliphatic carbocycles. The Labute approximate surface area is 108 Å². The van der Waals surface area contributed by atoms with E-state index in [1.54, 1.807) is 0 Å². The zero-order valence-electron chi connectivity index (χ0n) is 10.6. The molecule has 0 aromatic heterocycles. The van der Waals surface area contributed by atoms with Gasteiger partial charge in [0.2, 0.25) is 10.0 Å². The third-order valence-corrected chi connectivity index (χ3v) is 5.13. The maximum Gasteiger partial charge on any atom is 0.243 e. The van der Waals surface area contributed by atoms with Crippen molar-refractivity contribution in [3.63, 3.8) is 0 Å². The van der Waals surface area contributed by atoms with E-state index in [4.69, 9.17) is 0 Å². The summed E-state index contributed by atoms with van der Waals surface area (Å²) in [7, 11) is -3.48. The summed E-state index contributed by atoms with van der Waals surface area (Å²) in [4.78, 5) is 0.171. The summed E-state index contributed by atoms with van der Waals surface area (Å²) in [6, 6.07) is 5.02. The van der Waals surface area contributed by atoms with E-state index < -0.39 is 15.8 Å². The highest BCUT2D eigenvalue weighted by atomic mass is 32.2. The second-order valence-corrected chi connectivity index (χ2v) is 7.16. The number of hydrogen-bond donors (Lipinski definition) is 0. The zero-order valence-corrected chi connectivity index (χ0v) is 11.5. The number of rotatable bonds is 2. The van der Waals surface area contributed by atoms with Gasteiger partial charge in [0.15, 0.2) is 0 Å². The van der Waals surface area contributed by atoms with E-state index in [9.17, 15) is 12.8 Å². The molecule has 0 N–H and O–H groups in total. The quantitative estimate of drug-likeness (QED) is 0.828. The van der Waals surface area contributed by atoms with Crippen LogP contribution < -0.4 is 0 Å². The van der Waals surface area contributed by atoms with Crippen LogP contribution in [0.4, 0.5) is 4.39 Å². The van der Waals surface area contributed by atoms with E-state index in [0.717, 1.165) is 6.42 Å². The summed E-state index contributed by atoms with van der Waals surface area (Å²) in [6.07, 6.45) is 1.05. The molecule has 3 nitrogen and oxygen atoms in total. The minimum absolute atomic E-state index is 0.171. The van der Waals surface area contributed by atoms with Gasteiger partial charge in [-0.15, -0.1) is 0 Å². The second-order valence-electron chi connectivity index (χ2n) is 5.22. The predicted molar refractivity (Wildman–Crippen MR) is 68.1 cm³/mol. The van der Waals surface area contributed by atoms with Gasteiger partial charge in [0.05, 0.1) is 4.90 Å². The van der Waals surface area contributed by atoms with Gasteiger partial charge in [-0.2, -0.15) is 4.31 Å². The summed E-state index contributed by atoms with van der Waals surface area (Å²) in [5, 5.41) is 0. The highest BCUT2D eigenvalue weighted by Gasteiger charge is 2.31. The Hall–Kier alpha value is -0.940. The normalized spacial score (nSPS) is 26.2. The van der Waals surface area contributed by atoms with Crippen LogP contribution in [0.15, 0.2) is 29.2 Å². The standard InChI is InChI=1S/C13H18FNO2S/c1-10-7-11(2)9-15(8-10)18(16,17)13-5-3-12(14)4-6-13/h3-6,10-11H,7-9H2,1-2H3. The Morgan fingerprint density at radius 3 is 2.11 bits per heavy atom. The summed E-state index contributed by atoms with van der Waals surface area (Å²) < 4.78 is 39.1. The molecule has 1 aromatic carbocycles. The fourth-order valence-electron chi connectivity index (χ4n) is 2.56. The lowest BCUT2D eigenvalue weighted by atomic mass is 9.94. The SMILES string of the molecule is CC1CC(C)CN(S(=O)(=O)c2ccc(F)cc2)C1. The van der Waals surface area contributed by atoms with Crippen molar-refractivity contribution in [3.8, 4) is 0 Å². The number of sulfonamides is 1. The van der Waals surface area contributed by atoms with E-state index in [0.29, 0.717) is 24.9 Å². The molecule has 1 saturated heterocycles. The van der Waals surface area contributed by atoms with Gasteiger partial charge in [0.1, 0.15) is 5.82 Å². The van der Waals surface area contributed by atoms with Crippen molar-refractivity contribution in [1.29, 1.82) is 0 Å². The molecule has 2 unspecified atom stereocenters. The van der Waals surface area contributed by atoms with Crippen molar-refractivity contribution in [2.24, 2.45) is 11.8 Å². The van der Waals surface area contributed by atoms with Gasteiger partial charge in [-0.3, -0.25) is 0 Å². The molecule has 1 fully saturated rings. The van der Waals surface area contributed by atoms with E-state index in [1.807, 2.05) is 0 Å². The average molecular weight is 271 g/mol. The van der Waals surface area contributed by atoms with Crippen LogP contribution in [0.5, 0.6) is 0 Å². The molecule has 0 radical (unpaired) electrons. The van der Waals surface area contributed by atoms with Crippen molar-refractivity contribution in [2.75, 3.05) is 13.1 Å². The van der Waals surface area contributed by atoms with Crippen LogP contribution in [0, 0.1) is 17.7 Å². The first kappa shape index (κ1) is 13.5. The summed E-state index contributed by atoms with van der Waals surface area (Å²) in [6.45, 7) is 5.21. The van der Waals surface area contributed by atoms with Crippen molar-refractivity contribution in [3.05, 3.63) is 30.1 Å². The van der Waals surface area contributed by atoms with Crippen LogP contribution in [0.25, 0.3) is 0 Å².